The fraction of sp³-hybridized carbons (Fsp3) is 0.833. The summed E-state index contributed by atoms with van der Waals surface area (Å²) < 4.78 is 5.17. The molecule has 104 valence electrons. The zero-order chi connectivity index (χ0) is 13.4. The van der Waals surface area contributed by atoms with E-state index >= 15 is 0 Å². The highest BCUT2D eigenvalue weighted by molar-refractivity contribution is 5.76. The minimum absolute atomic E-state index is 0.0341. The third-order valence-electron chi connectivity index (χ3n) is 2.99. The van der Waals surface area contributed by atoms with E-state index in [0.717, 1.165) is 19.3 Å². The topological polar surface area (TPSA) is 78.9 Å². The fourth-order valence-electron chi connectivity index (χ4n) is 2.13. The van der Waals surface area contributed by atoms with Crippen LogP contribution in [0, 0.1) is 0 Å². The molecular formula is C12H22N2O4. The van der Waals surface area contributed by atoms with Crippen molar-refractivity contribution in [1.82, 2.24) is 10.2 Å². The van der Waals surface area contributed by atoms with Crippen LogP contribution in [0.4, 0.5) is 4.79 Å². The maximum Gasteiger partial charge on any atom is 0.317 e. The van der Waals surface area contributed by atoms with Crippen molar-refractivity contribution >= 4 is 12.0 Å². The van der Waals surface area contributed by atoms with Gasteiger partial charge in [-0.2, -0.15) is 0 Å². The summed E-state index contributed by atoms with van der Waals surface area (Å²) in [4.78, 5) is 24.2. The Morgan fingerprint density at radius 2 is 2.28 bits per heavy atom. The van der Waals surface area contributed by atoms with Gasteiger partial charge in [-0.1, -0.05) is 0 Å². The Morgan fingerprint density at radius 3 is 2.94 bits per heavy atom. The summed E-state index contributed by atoms with van der Waals surface area (Å²) in [7, 11) is 0. The van der Waals surface area contributed by atoms with Crippen molar-refractivity contribution in [1.29, 1.82) is 0 Å². The molecule has 6 heteroatoms. The van der Waals surface area contributed by atoms with Crippen LogP contribution in [0.2, 0.25) is 0 Å². The molecule has 0 aromatic heterocycles. The van der Waals surface area contributed by atoms with Crippen LogP contribution in [0.5, 0.6) is 0 Å². The maximum atomic E-state index is 11.9. The Hall–Kier alpha value is -1.30. The third-order valence-corrected chi connectivity index (χ3v) is 2.99. The number of urea groups is 1. The molecule has 1 saturated heterocycles. The van der Waals surface area contributed by atoms with Crippen LogP contribution in [0.1, 0.15) is 32.6 Å². The molecule has 0 spiro atoms. The average Bonchev–Trinajstić information content (AvgIpc) is 2.76. The number of rotatable bonds is 7. The molecule has 1 rings (SSSR count). The van der Waals surface area contributed by atoms with E-state index in [-0.39, 0.29) is 18.5 Å². The lowest BCUT2D eigenvalue weighted by Crippen LogP contribution is -2.44. The van der Waals surface area contributed by atoms with Gasteiger partial charge >= 0.3 is 12.0 Å². The van der Waals surface area contributed by atoms with Crippen molar-refractivity contribution in [2.24, 2.45) is 0 Å². The molecule has 1 unspecified atom stereocenters. The number of hydrogen-bond acceptors (Lipinski definition) is 3. The highest BCUT2D eigenvalue weighted by atomic mass is 16.5. The number of ether oxygens (including phenoxy) is 1. The second kappa shape index (κ2) is 7.92. The molecule has 1 heterocycles. The second-order valence-corrected chi connectivity index (χ2v) is 4.37. The molecule has 2 amide bonds. The number of aliphatic carboxylic acids is 1. The van der Waals surface area contributed by atoms with Crippen LogP contribution >= 0.6 is 0 Å². The number of carbonyl (C=O) groups is 2. The predicted molar refractivity (Wildman–Crippen MR) is 66.5 cm³/mol. The first-order valence-electron chi connectivity index (χ1n) is 6.49. The monoisotopic (exact) mass is 258 g/mol. The molecule has 0 radical (unpaired) electrons. The van der Waals surface area contributed by atoms with Gasteiger partial charge in [0.1, 0.15) is 0 Å². The molecule has 0 saturated carbocycles. The first-order chi connectivity index (χ1) is 8.65. The molecule has 2 N–H and O–H groups in total. The van der Waals surface area contributed by atoms with E-state index < -0.39 is 5.97 Å². The summed E-state index contributed by atoms with van der Waals surface area (Å²) in [6.45, 7) is 4.46. The van der Waals surface area contributed by atoms with Gasteiger partial charge in [-0.3, -0.25) is 4.79 Å². The molecule has 1 fully saturated rings. The van der Waals surface area contributed by atoms with Gasteiger partial charge in [-0.05, 0) is 26.2 Å². The zero-order valence-corrected chi connectivity index (χ0v) is 10.9. The van der Waals surface area contributed by atoms with Gasteiger partial charge in [0.25, 0.3) is 0 Å². The van der Waals surface area contributed by atoms with Gasteiger partial charge < -0.3 is 20.1 Å². The molecule has 0 aliphatic carbocycles. The summed E-state index contributed by atoms with van der Waals surface area (Å²) in [6.07, 6.45) is 2.46. The highest BCUT2D eigenvalue weighted by Crippen LogP contribution is 2.19. The Labute approximate surface area is 107 Å². The smallest absolute Gasteiger partial charge is 0.317 e. The molecular weight excluding hydrogens is 236 g/mol. The number of likely N-dealkylation sites (tertiary alicyclic amines) is 1. The number of nitrogens with one attached hydrogen (secondary N) is 1. The van der Waals surface area contributed by atoms with Crippen molar-refractivity contribution in [3.8, 4) is 0 Å². The number of hydrogen-bond donors (Lipinski definition) is 2. The second-order valence-electron chi connectivity index (χ2n) is 4.37. The van der Waals surface area contributed by atoms with Crippen molar-refractivity contribution in [3.05, 3.63) is 0 Å². The molecule has 0 bridgehead atoms. The van der Waals surface area contributed by atoms with Crippen molar-refractivity contribution in [3.63, 3.8) is 0 Å². The Kier molecular flexibility index (Phi) is 6.49. The number of amides is 2. The Morgan fingerprint density at radius 1 is 1.50 bits per heavy atom. The number of nitrogens with zero attached hydrogens (tertiary/aromatic N) is 1. The van der Waals surface area contributed by atoms with Crippen LogP contribution in [-0.4, -0.2) is 54.4 Å². The van der Waals surface area contributed by atoms with Crippen LogP contribution in [0.3, 0.4) is 0 Å². The Balaban J connectivity index is 2.25. The van der Waals surface area contributed by atoms with Crippen LogP contribution < -0.4 is 5.32 Å². The molecule has 18 heavy (non-hydrogen) atoms. The van der Waals surface area contributed by atoms with Gasteiger partial charge in [-0.25, -0.2) is 4.79 Å². The number of carboxylic acids is 1. The van der Waals surface area contributed by atoms with Gasteiger partial charge in [0.15, 0.2) is 0 Å². The minimum Gasteiger partial charge on any atom is -0.481 e. The summed E-state index contributed by atoms with van der Waals surface area (Å²) in [5, 5.41) is 11.6. The first-order valence-corrected chi connectivity index (χ1v) is 6.49. The van der Waals surface area contributed by atoms with Gasteiger partial charge in [0.05, 0.1) is 6.42 Å². The largest absolute Gasteiger partial charge is 0.481 e. The molecule has 1 aliphatic rings. The maximum absolute atomic E-state index is 11.9. The molecule has 0 aromatic carbocycles. The van der Waals surface area contributed by atoms with E-state index in [1.165, 1.54) is 0 Å². The van der Waals surface area contributed by atoms with Crippen LogP contribution in [0.25, 0.3) is 0 Å². The zero-order valence-electron chi connectivity index (χ0n) is 10.9. The van der Waals surface area contributed by atoms with Gasteiger partial charge in [0.2, 0.25) is 0 Å². The molecule has 0 aromatic rings. The van der Waals surface area contributed by atoms with E-state index in [4.69, 9.17) is 9.84 Å². The normalized spacial score (nSPS) is 18.9. The number of carbonyl (C=O) groups excluding carboxylic acids is 1. The summed E-state index contributed by atoms with van der Waals surface area (Å²) >= 11 is 0. The van der Waals surface area contributed by atoms with Crippen LogP contribution in [-0.2, 0) is 9.53 Å². The van der Waals surface area contributed by atoms with Crippen molar-refractivity contribution in [2.75, 3.05) is 26.3 Å². The lowest BCUT2D eigenvalue weighted by atomic mass is 10.1. The summed E-state index contributed by atoms with van der Waals surface area (Å²) in [6, 6.07) is -0.315. The average molecular weight is 258 g/mol. The lowest BCUT2D eigenvalue weighted by Gasteiger charge is -2.23. The molecule has 1 atom stereocenters. The van der Waals surface area contributed by atoms with Gasteiger partial charge in [-0.15, -0.1) is 0 Å². The standard InChI is InChI=1S/C12H22N2O4/c1-2-18-8-4-6-13-12(17)14-7-3-5-10(14)9-11(15)16/h10H,2-9H2,1H3,(H,13,17)(H,15,16). The van der Waals surface area contributed by atoms with Crippen LogP contribution in [0.15, 0.2) is 0 Å². The molecule has 1 aliphatic heterocycles. The van der Waals surface area contributed by atoms with E-state index in [9.17, 15) is 9.59 Å². The highest BCUT2D eigenvalue weighted by Gasteiger charge is 2.29. The van der Waals surface area contributed by atoms with E-state index in [2.05, 4.69) is 5.32 Å². The number of carboxylic acid groups (broad SMARTS) is 1. The predicted octanol–water partition coefficient (Wildman–Crippen LogP) is 1.06. The van der Waals surface area contributed by atoms with E-state index in [1.54, 1.807) is 4.90 Å². The molecule has 6 nitrogen and oxygen atoms in total. The fourth-order valence-corrected chi connectivity index (χ4v) is 2.13. The Bertz CT molecular complexity index is 283. The van der Waals surface area contributed by atoms with Crippen molar-refractivity contribution < 1.29 is 19.4 Å². The summed E-state index contributed by atoms with van der Waals surface area (Å²) in [5.74, 6) is -0.851. The van der Waals surface area contributed by atoms with E-state index in [0.29, 0.717) is 26.3 Å². The third kappa shape index (κ3) is 4.91. The quantitative estimate of drug-likeness (QED) is 0.669. The lowest BCUT2D eigenvalue weighted by molar-refractivity contribution is -0.137. The van der Waals surface area contributed by atoms with Gasteiger partial charge in [0, 0.05) is 32.3 Å². The minimum atomic E-state index is -0.851. The first kappa shape index (κ1) is 14.8. The SMILES string of the molecule is CCOCCCNC(=O)N1CCCC1CC(=O)O. The van der Waals surface area contributed by atoms with Crippen molar-refractivity contribution in [2.45, 2.75) is 38.6 Å². The summed E-state index contributed by atoms with van der Waals surface area (Å²) in [5.41, 5.74) is 0. The van der Waals surface area contributed by atoms with E-state index in [1.807, 2.05) is 6.92 Å².